The Bertz CT molecular complexity index is 762. The van der Waals surface area contributed by atoms with E-state index in [2.05, 4.69) is 15.0 Å². The van der Waals surface area contributed by atoms with Crippen molar-refractivity contribution in [2.75, 3.05) is 18.4 Å². The lowest BCUT2D eigenvalue weighted by Crippen LogP contribution is -2.36. The summed E-state index contributed by atoms with van der Waals surface area (Å²) >= 11 is 0. The maximum Gasteiger partial charge on any atom is 0.387 e. The van der Waals surface area contributed by atoms with E-state index in [1.165, 1.54) is 12.1 Å². The van der Waals surface area contributed by atoms with Crippen LogP contribution < -0.4 is 10.1 Å². The number of likely N-dealkylation sites (tertiary alicyclic amines) is 1. The SMILES string of the molecule is CC(Nc1ncccc1C(=O)N1CCCCC1)c1ccc(OC(F)F)cc1. The first-order chi connectivity index (χ1) is 13.0. The van der Waals surface area contributed by atoms with Crippen LogP contribution in [0.1, 0.15) is 48.1 Å². The van der Waals surface area contributed by atoms with Gasteiger partial charge in [0, 0.05) is 25.3 Å². The van der Waals surface area contributed by atoms with Crippen molar-refractivity contribution >= 4 is 11.7 Å². The highest BCUT2D eigenvalue weighted by atomic mass is 19.3. The summed E-state index contributed by atoms with van der Waals surface area (Å²) < 4.78 is 28.9. The summed E-state index contributed by atoms with van der Waals surface area (Å²) in [5.41, 5.74) is 1.42. The number of ether oxygens (including phenoxy) is 1. The molecule has 1 saturated heterocycles. The average Bonchev–Trinajstić information content (AvgIpc) is 2.68. The molecule has 1 aromatic heterocycles. The molecule has 2 heterocycles. The molecule has 0 bridgehead atoms. The fourth-order valence-electron chi connectivity index (χ4n) is 3.19. The number of carbonyl (C=O) groups excluding carboxylic acids is 1. The fourth-order valence-corrected chi connectivity index (χ4v) is 3.19. The first-order valence-electron chi connectivity index (χ1n) is 9.10. The van der Waals surface area contributed by atoms with Crippen molar-refractivity contribution in [2.24, 2.45) is 0 Å². The molecule has 144 valence electrons. The molecule has 1 amide bonds. The van der Waals surface area contributed by atoms with Crippen LogP contribution in [0, 0.1) is 0 Å². The van der Waals surface area contributed by atoms with E-state index in [4.69, 9.17) is 0 Å². The molecule has 0 saturated carbocycles. The van der Waals surface area contributed by atoms with Gasteiger partial charge in [-0.05, 0) is 56.0 Å². The Kier molecular flexibility index (Phi) is 6.21. The third kappa shape index (κ3) is 4.93. The van der Waals surface area contributed by atoms with Crippen molar-refractivity contribution in [3.05, 3.63) is 53.7 Å². The van der Waals surface area contributed by atoms with Crippen molar-refractivity contribution in [3.8, 4) is 5.75 Å². The monoisotopic (exact) mass is 375 g/mol. The zero-order chi connectivity index (χ0) is 19.2. The summed E-state index contributed by atoms with van der Waals surface area (Å²) in [4.78, 5) is 19.0. The smallest absolute Gasteiger partial charge is 0.387 e. The van der Waals surface area contributed by atoms with Gasteiger partial charge in [0.25, 0.3) is 5.91 Å². The lowest BCUT2D eigenvalue weighted by atomic mass is 10.1. The molecule has 1 aromatic carbocycles. The molecule has 7 heteroatoms. The van der Waals surface area contributed by atoms with Crippen molar-refractivity contribution in [1.82, 2.24) is 9.88 Å². The molecule has 1 fully saturated rings. The molecule has 0 radical (unpaired) electrons. The summed E-state index contributed by atoms with van der Waals surface area (Å²) in [5.74, 6) is 0.617. The Morgan fingerprint density at radius 3 is 2.52 bits per heavy atom. The fraction of sp³-hybridized carbons (Fsp3) is 0.400. The number of benzene rings is 1. The van der Waals surface area contributed by atoms with Crippen LogP contribution in [0.15, 0.2) is 42.6 Å². The minimum absolute atomic E-state index is 0.0156. The van der Waals surface area contributed by atoms with Gasteiger partial charge in [0.2, 0.25) is 0 Å². The average molecular weight is 375 g/mol. The Hall–Kier alpha value is -2.70. The van der Waals surface area contributed by atoms with Crippen LogP contribution in [0.2, 0.25) is 0 Å². The van der Waals surface area contributed by atoms with E-state index in [1.54, 1.807) is 30.5 Å². The number of nitrogens with zero attached hydrogens (tertiary/aromatic N) is 2. The van der Waals surface area contributed by atoms with Crippen LogP contribution in [-0.2, 0) is 0 Å². The molecule has 0 aliphatic carbocycles. The number of aromatic nitrogens is 1. The van der Waals surface area contributed by atoms with Gasteiger partial charge in [0.15, 0.2) is 0 Å². The van der Waals surface area contributed by atoms with Crippen LogP contribution in [0.4, 0.5) is 14.6 Å². The van der Waals surface area contributed by atoms with Crippen LogP contribution >= 0.6 is 0 Å². The molecule has 1 N–H and O–H groups in total. The minimum Gasteiger partial charge on any atom is -0.435 e. The molecular weight excluding hydrogens is 352 g/mol. The number of piperidine rings is 1. The quantitative estimate of drug-likeness (QED) is 0.809. The van der Waals surface area contributed by atoms with Gasteiger partial charge >= 0.3 is 6.61 Å². The van der Waals surface area contributed by atoms with E-state index >= 15 is 0 Å². The molecule has 1 unspecified atom stereocenters. The number of carbonyl (C=O) groups is 1. The van der Waals surface area contributed by atoms with Gasteiger partial charge < -0.3 is 15.0 Å². The number of nitrogens with one attached hydrogen (secondary N) is 1. The van der Waals surface area contributed by atoms with Crippen molar-refractivity contribution in [2.45, 2.75) is 38.8 Å². The predicted octanol–water partition coefficient (Wildman–Crippen LogP) is 4.48. The molecule has 5 nitrogen and oxygen atoms in total. The van der Waals surface area contributed by atoms with Crippen molar-refractivity contribution in [3.63, 3.8) is 0 Å². The Morgan fingerprint density at radius 1 is 1.15 bits per heavy atom. The topological polar surface area (TPSA) is 54.5 Å². The molecule has 0 spiro atoms. The highest BCUT2D eigenvalue weighted by Crippen LogP contribution is 2.24. The lowest BCUT2D eigenvalue weighted by molar-refractivity contribution is -0.0498. The maximum absolute atomic E-state index is 12.8. The van der Waals surface area contributed by atoms with E-state index in [1.807, 2.05) is 11.8 Å². The number of hydrogen-bond acceptors (Lipinski definition) is 4. The second-order valence-electron chi connectivity index (χ2n) is 6.57. The summed E-state index contributed by atoms with van der Waals surface area (Å²) in [7, 11) is 0. The third-order valence-corrected chi connectivity index (χ3v) is 4.64. The number of rotatable bonds is 6. The van der Waals surface area contributed by atoms with Crippen LogP contribution in [0.25, 0.3) is 0 Å². The Labute approximate surface area is 157 Å². The molecular formula is C20H23F2N3O2. The van der Waals surface area contributed by atoms with Gasteiger partial charge in [-0.2, -0.15) is 8.78 Å². The van der Waals surface area contributed by atoms with Crippen LogP contribution in [-0.4, -0.2) is 35.5 Å². The molecule has 1 atom stereocenters. The van der Waals surface area contributed by atoms with Gasteiger partial charge in [0.1, 0.15) is 11.6 Å². The van der Waals surface area contributed by atoms with E-state index in [-0.39, 0.29) is 17.7 Å². The molecule has 3 rings (SSSR count). The van der Waals surface area contributed by atoms with Gasteiger partial charge in [-0.15, -0.1) is 0 Å². The number of alkyl halides is 2. The van der Waals surface area contributed by atoms with Crippen molar-refractivity contribution in [1.29, 1.82) is 0 Å². The largest absolute Gasteiger partial charge is 0.435 e. The number of pyridine rings is 1. The normalized spacial score (nSPS) is 15.5. The first kappa shape index (κ1) is 19.1. The zero-order valence-electron chi connectivity index (χ0n) is 15.2. The Balaban J connectivity index is 1.72. The van der Waals surface area contributed by atoms with Crippen LogP contribution in [0.5, 0.6) is 5.75 Å². The Morgan fingerprint density at radius 2 is 1.85 bits per heavy atom. The highest BCUT2D eigenvalue weighted by Gasteiger charge is 2.22. The predicted molar refractivity (Wildman–Crippen MR) is 99.1 cm³/mol. The van der Waals surface area contributed by atoms with E-state index in [9.17, 15) is 13.6 Å². The number of hydrogen-bond donors (Lipinski definition) is 1. The second kappa shape index (κ2) is 8.79. The minimum atomic E-state index is -2.84. The van der Waals surface area contributed by atoms with E-state index in [0.717, 1.165) is 37.9 Å². The van der Waals surface area contributed by atoms with E-state index in [0.29, 0.717) is 11.4 Å². The number of anilines is 1. The first-order valence-corrected chi connectivity index (χ1v) is 9.10. The second-order valence-corrected chi connectivity index (χ2v) is 6.57. The van der Waals surface area contributed by atoms with Gasteiger partial charge in [0.05, 0.1) is 5.56 Å². The third-order valence-electron chi connectivity index (χ3n) is 4.64. The molecule has 1 aliphatic rings. The molecule has 2 aromatic rings. The highest BCUT2D eigenvalue weighted by molar-refractivity contribution is 5.98. The number of amides is 1. The summed E-state index contributed by atoms with van der Waals surface area (Å²) in [6, 6.07) is 9.79. The summed E-state index contributed by atoms with van der Waals surface area (Å²) in [5, 5.41) is 3.26. The lowest BCUT2D eigenvalue weighted by Gasteiger charge is -2.27. The van der Waals surface area contributed by atoms with Gasteiger partial charge in [-0.1, -0.05) is 12.1 Å². The number of halogens is 2. The van der Waals surface area contributed by atoms with E-state index < -0.39 is 6.61 Å². The summed E-state index contributed by atoms with van der Waals surface area (Å²) in [6.07, 6.45) is 4.85. The van der Waals surface area contributed by atoms with Crippen molar-refractivity contribution < 1.29 is 18.3 Å². The summed E-state index contributed by atoms with van der Waals surface area (Å²) in [6.45, 7) is 0.624. The van der Waals surface area contributed by atoms with Crippen LogP contribution in [0.3, 0.4) is 0 Å². The standard InChI is InChI=1S/C20H23F2N3O2/c1-14(15-7-9-16(10-8-15)27-20(21)22)24-18-17(6-5-11-23-18)19(26)25-12-3-2-4-13-25/h5-11,14,20H,2-4,12-13H2,1H3,(H,23,24). The molecule has 27 heavy (non-hydrogen) atoms. The van der Waals surface area contributed by atoms with Gasteiger partial charge in [-0.3, -0.25) is 4.79 Å². The van der Waals surface area contributed by atoms with Gasteiger partial charge in [-0.25, -0.2) is 4.98 Å². The molecule has 1 aliphatic heterocycles. The maximum atomic E-state index is 12.8. The zero-order valence-corrected chi connectivity index (χ0v) is 15.2.